The van der Waals surface area contributed by atoms with Crippen molar-refractivity contribution in [1.82, 2.24) is 10.6 Å². The van der Waals surface area contributed by atoms with Gasteiger partial charge in [0.15, 0.2) is 0 Å². The normalized spacial score (nSPS) is 14.0. The summed E-state index contributed by atoms with van der Waals surface area (Å²) >= 11 is 0. The number of hydrogen-bond acceptors (Lipinski definition) is 5. The van der Waals surface area contributed by atoms with E-state index in [4.69, 9.17) is 4.74 Å². The van der Waals surface area contributed by atoms with Crippen LogP contribution in [0.2, 0.25) is 0 Å². The predicted octanol–water partition coefficient (Wildman–Crippen LogP) is 1.60. The Bertz CT molecular complexity index is 401. The van der Waals surface area contributed by atoms with Gasteiger partial charge in [-0.15, -0.1) is 0 Å². The van der Waals surface area contributed by atoms with Gasteiger partial charge in [-0.1, -0.05) is 13.8 Å². The fourth-order valence-electron chi connectivity index (χ4n) is 1.67. The zero-order chi connectivity index (χ0) is 17.5. The van der Waals surface area contributed by atoms with Crippen molar-refractivity contribution in [3.63, 3.8) is 0 Å². The lowest BCUT2D eigenvalue weighted by Gasteiger charge is -2.23. The van der Waals surface area contributed by atoms with Gasteiger partial charge in [0.1, 0.15) is 17.7 Å². The molecule has 0 rings (SSSR count). The van der Waals surface area contributed by atoms with Crippen molar-refractivity contribution in [3.05, 3.63) is 0 Å². The highest BCUT2D eigenvalue weighted by molar-refractivity contribution is 5.89. The van der Waals surface area contributed by atoms with Gasteiger partial charge in [-0.25, -0.2) is 9.59 Å². The summed E-state index contributed by atoms with van der Waals surface area (Å²) in [4.78, 5) is 35.4. The molecule has 0 spiro atoms. The summed E-state index contributed by atoms with van der Waals surface area (Å²) in [5, 5.41) is 5.01. The van der Waals surface area contributed by atoms with Crippen LogP contribution >= 0.6 is 0 Å². The van der Waals surface area contributed by atoms with Crippen LogP contribution in [-0.2, 0) is 19.1 Å². The summed E-state index contributed by atoms with van der Waals surface area (Å²) in [6.45, 7) is 10.6. The third-order valence-corrected chi connectivity index (χ3v) is 2.64. The van der Waals surface area contributed by atoms with Crippen molar-refractivity contribution in [1.29, 1.82) is 0 Å². The van der Waals surface area contributed by atoms with Crippen LogP contribution < -0.4 is 10.6 Å². The minimum atomic E-state index is -0.825. The fourth-order valence-corrected chi connectivity index (χ4v) is 1.67. The number of alkyl carbamates (subject to hydrolysis) is 1. The first-order valence-electron chi connectivity index (χ1n) is 7.34. The number of amides is 2. The third-order valence-electron chi connectivity index (χ3n) is 2.64. The van der Waals surface area contributed by atoms with Crippen molar-refractivity contribution in [2.45, 2.75) is 65.6 Å². The first-order chi connectivity index (χ1) is 9.96. The van der Waals surface area contributed by atoms with Gasteiger partial charge in [0, 0.05) is 0 Å². The Balaban J connectivity index is 4.59. The van der Waals surface area contributed by atoms with Gasteiger partial charge in [0.25, 0.3) is 0 Å². The van der Waals surface area contributed by atoms with Crippen LogP contribution in [-0.4, -0.2) is 42.8 Å². The monoisotopic (exact) mass is 316 g/mol. The number of hydrogen-bond donors (Lipinski definition) is 2. The molecular formula is C15H28N2O5. The second-order valence-corrected chi connectivity index (χ2v) is 6.58. The second-order valence-electron chi connectivity index (χ2n) is 6.58. The third kappa shape index (κ3) is 8.49. The number of nitrogens with one attached hydrogen (secondary N) is 2. The topological polar surface area (TPSA) is 93.7 Å². The van der Waals surface area contributed by atoms with Crippen molar-refractivity contribution in [2.24, 2.45) is 5.92 Å². The molecule has 0 saturated heterocycles. The summed E-state index contributed by atoms with van der Waals surface area (Å²) in [6, 6.07) is -1.56. The zero-order valence-electron chi connectivity index (χ0n) is 14.5. The Hall–Kier alpha value is -1.79. The Labute approximate surface area is 132 Å². The van der Waals surface area contributed by atoms with Crippen LogP contribution in [0.3, 0.4) is 0 Å². The number of rotatable bonds is 6. The minimum absolute atomic E-state index is 0.207. The molecule has 0 saturated carbocycles. The lowest BCUT2D eigenvalue weighted by molar-refractivity contribution is -0.145. The lowest BCUT2D eigenvalue weighted by Crippen LogP contribution is -2.51. The molecule has 0 aromatic rings. The highest BCUT2D eigenvalue weighted by Crippen LogP contribution is 2.08. The summed E-state index contributed by atoms with van der Waals surface area (Å²) in [5.74, 6) is -0.771. The van der Waals surface area contributed by atoms with E-state index in [1.165, 1.54) is 14.0 Å². The highest BCUT2D eigenvalue weighted by atomic mass is 16.6. The molecule has 2 N–H and O–H groups in total. The van der Waals surface area contributed by atoms with E-state index in [1.807, 2.05) is 13.8 Å². The van der Waals surface area contributed by atoms with E-state index >= 15 is 0 Å². The van der Waals surface area contributed by atoms with E-state index < -0.39 is 35.7 Å². The largest absolute Gasteiger partial charge is 0.467 e. The summed E-state index contributed by atoms with van der Waals surface area (Å²) < 4.78 is 9.75. The summed E-state index contributed by atoms with van der Waals surface area (Å²) in [6.07, 6.45) is -0.231. The molecule has 7 heteroatoms. The molecule has 0 fully saturated rings. The lowest BCUT2D eigenvalue weighted by atomic mass is 10.0. The standard InChI is InChI=1S/C15H28N2O5/c1-9(2)8-11(13(19)21-7)17-12(18)10(3)16-14(20)22-15(4,5)6/h9-11H,8H2,1-7H3,(H,16,20)(H,17,18). The maximum absolute atomic E-state index is 12.1. The number of carbonyl (C=O) groups excluding carboxylic acids is 3. The van der Waals surface area contributed by atoms with Gasteiger partial charge in [0.2, 0.25) is 5.91 Å². The van der Waals surface area contributed by atoms with Crippen LogP contribution in [0.4, 0.5) is 4.79 Å². The van der Waals surface area contributed by atoms with Crippen LogP contribution in [0.1, 0.15) is 48.0 Å². The second kappa shape index (κ2) is 8.60. The molecule has 7 nitrogen and oxygen atoms in total. The molecule has 2 atom stereocenters. The average Bonchev–Trinajstić information content (AvgIpc) is 2.33. The van der Waals surface area contributed by atoms with Crippen molar-refractivity contribution in [3.8, 4) is 0 Å². The molecule has 2 unspecified atom stereocenters. The predicted molar refractivity (Wildman–Crippen MR) is 82.2 cm³/mol. The van der Waals surface area contributed by atoms with Gasteiger partial charge in [-0.2, -0.15) is 0 Å². The minimum Gasteiger partial charge on any atom is -0.467 e. The number of esters is 1. The van der Waals surface area contributed by atoms with Crippen LogP contribution in [0.15, 0.2) is 0 Å². The molecule has 0 aliphatic rings. The Morgan fingerprint density at radius 2 is 1.59 bits per heavy atom. The molecular weight excluding hydrogens is 288 g/mol. The molecule has 0 aromatic heterocycles. The van der Waals surface area contributed by atoms with E-state index in [9.17, 15) is 14.4 Å². The summed E-state index contributed by atoms with van der Waals surface area (Å²) in [7, 11) is 1.27. The van der Waals surface area contributed by atoms with Gasteiger partial charge in [-0.05, 0) is 40.0 Å². The smallest absolute Gasteiger partial charge is 0.408 e. The Kier molecular flexibility index (Phi) is 7.90. The Morgan fingerprint density at radius 3 is 2.00 bits per heavy atom. The molecule has 0 aliphatic heterocycles. The molecule has 22 heavy (non-hydrogen) atoms. The van der Waals surface area contributed by atoms with E-state index in [2.05, 4.69) is 15.4 Å². The maximum atomic E-state index is 12.1. The van der Waals surface area contributed by atoms with Crippen molar-refractivity contribution < 1.29 is 23.9 Å². The highest BCUT2D eigenvalue weighted by Gasteiger charge is 2.26. The molecule has 0 heterocycles. The first kappa shape index (κ1) is 20.2. The van der Waals surface area contributed by atoms with Gasteiger partial charge in [-0.3, -0.25) is 4.79 Å². The van der Waals surface area contributed by atoms with E-state index in [-0.39, 0.29) is 5.92 Å². The summed E-state index contributed by atoms with van der Waals surface area (Å²) in [5.41, 5.74) is -0.646. The molecule has 0 aromatic carbocycles. The van der Waals surface area contributed by atoms with E-state index in [0.29, 0.717) is 6.42 Å². The maximum Gasteiger partial charge on any atom is 0.408 e. The first-order valence-corrected chi connectivity index (χ1v) is 7.34. The Morgan fingerprint density at radius 1 is 1.05 bits per heavy atom. The quantitative estimate of drug-likeness (QED) is 0.726. The zero-order valence-corrected chi connectivity index (χ0v) is 14.5. The van der Waals surface area contributed by atoms with E-state index in [1.54, 1.807) is 20.8 Å². The number of carbonyl (C=O) groups is 3. The van der Waals surface area contributed by atoms with Gasteiger partial charge < -0.3 is 20.1 Å². The van der Waals surface area contributed by atoms with Gasteiger partial charge in [0.05, 0.1) is 7.11 Å². The SMILES string of the molecule is COC(=O)C(CC(C)C)NC(=O)C(C)NC(=O)OC(C)(C)C. The van der Waals surface area contributed by atoms with Gasteiger partial charge >= 0.3 is 12.1 Å². The van der Waals surface area contributed by atoms with E-state index in [0.717, 1.165) is 0 Å². The van der Waals surface area contributed by atoms with Crippen molar-refractivity contribution >= 4 is 18.0 Å². The molecule has 0 bridgehead atoms. The van der Waals surface area contributed by atoms with Crippen molar-refractivity contribution in [2.75, 3.05) is 7.11 Å². The molecule has 128 valence electrons. The molecule has 0 radical (unpaired) electrons. The van der Waals surface area contributed by atoms with Crippen LogP contribution in [0.25, 0.3) is 0 Å². The van der Waals surface area contributed by atoms with Crippen LogP contribution in [0.5, 0.6) is 0 Å². The number of ether oxygens (including phenoxy) is 2. The average molecular weight is 316 g/mol. The fraction of sp³-hybridized carbons (Fsp3) is 0.800. The molecule has 2 amide bonds. The number of methoxy groups -OCH3 is 1. The molecule has 0 aliphatic carbocycles. The van der Waals surface area contributed by atoms with Crippen LogP contribution in [0, 0.1) is 5.92 Å².